The van der Waals surface area contributed by atoms with Gasteiger partial charge in [0, 0.05) is 34.9 Å². The lowest BCUT2D eigenvalue weighted by molar-refractivity contribution is -0.384. The monoisotopic (exact) mass is 276 g/mol. The van der Waals surface area contributed by atoms with Crippen molar-refractivity contribution in [2.45, 2.75) is 0 Å². The molecule has 2 rings (SSSR count). The Morgan fingerprint density at radius 1 is 0.895 bits per heavy atom. The first-order chi connectivity index (χ1) is 9.06. The summed E-state index contributed by atoms with van der Waals surface area (Å²) >= 11 is 5.73. The molecule has 0 aliphatic rings. The van der Waals surface area contributed by atoms with Crippen molar-refractivity contribution in [2.75, 3.05) is 0 Å². The van der Waals surface area contributed by atoms with Crippen LogP contribution >= 0.6 is 11.6 Å². The molecule has 0 fully saturated rings. The number of nitro groups is 1. The number of hydrogen-bond donors (Lipinski definition) is 0. The van der Waals surface area contributed by atoms with E-state index in [1.165, 1.54) is 30.5 Å². The minimum absolute atomic E-state index is 0.0129. The maximum atomic E-state index is 11.8. The van der Waals surface area contributed by atoms with Gasteiger partial charge in [-0.3, -0.25) is 10.1 Å². The molecular weight excluding hydrogens is 268 g/mol. The fraction of sp³-hybridized carbons (Fsp3) is 0. The van der Waals surface area contributed by atoms with E-state index in [2.05, 4.69) is 0 Å². The molecule has 0 aromatic heterocycles. The molecule has 0 aliphatic heterocycles. The Kier molecular flexibility index (Phi) is 3.77. The summed E-state index contributed by atoms with van der Waals surface area (Å²) in [6, 6.07) is 12.1. The normalized spacial score (nSPS) is 11.3. The maximum absolute atomic E-state index is 11.8. The van der Waals surface area contributed by atoms with Crippen molar-refractivity contribution >= 4 is 29.2 Å². The zero-order valence-corrected chi connectivity index (χ0v) is 10.4. The molecule has 0 aliphatic carbocycles. The van der Waals surface area contributed by atoms with Gasteiger partial charge >= 0.3 is 0 Å². The summed E-state index contributed by atoms with van der Waals surface area (Å²) in [6.45, 7) is 0. The number of nitro benzene ring substituents is 1. The summed E-state index contributed by atoms with van der Waals surface area (Å²) in [5.41, 5.74) is 0.999. The molecule has 0 unspecified atom stereocenters. The summed E-state index contributed by atoms with van der Waals surface area (Å²) in [7, 11) is 0. The highest BCUT2D eigenvalue weighted by molar-refractivity contribution is 6.30. The van der Waals surface area contributed by atoms with E-state index in [-0.39, 0.29) is 5.69 Å². The number of hydrogen-bond acceptors (Lipinski definition) is 3. The van der Waals surface area contributed by atoms with Crippen LogP contribution < -0.4 is 0 Å². The Labute approximate surface area is 114 Å². The molecule has 0 radical (unpaired) electrons. The Bertz CT molecular complexity index is 621. The van der Waals surface area contributed by atoms with E-state index in [9.17, 15) is 15.3 Å². The van der Waals surface area contributed by atoms with E-state index in [1.807, 2.05) is 0 Å². The molecule has 5 nitrogen and oxygen atoms in total. The Morgan fingerprint density at radius 3 is 1.95 bits per heavy atom. The van der Waals surface area contributed by atoms with E-state index in [0.29, 0.717) is 21.0 Å². The number of nitrogens with zero attached hydrogens (tertiary/aromatic N) is 2. The molecule has 2 aromatic rings. The molecule has 96 valence electrons. The van der Waals surface area contributed by atoms with E-state index < -0.39 is 4.92 Å². The third kappa shape index (κ3) is 3.29. The van der Waals surface area contributed by atoms with Crippen LogP contribution in [0.3, 0.4) is 0 Å². The van der Waals surface area contributed by atoms with Crippen molar-refractivity contribution in [1.82, 2.24) is 0 Å². The zero-order valence-electron chi connectivity index (χ0n) is 9.69. The van der Waals surface area contributed by atoms with Gasteiger partial charge in [-0.05, 0) is 24.3 Å². The lowest BCUT2D eigenvalue weighted by Gasteiger charge is -2.02. The van der Waals surface area contributed by atoms with Gasteiger partial charge in [0.15, 0.2) is 6.21 Å². The molecule has 0 heterocycles. The first kappa shape index (κ1) is 13.0. The quantitative estimate of drug-likeness (QED) is 0.283. The first-order valence-corrected chi connectivity index (χ1v) is 5.75. The Hall–Kier alpha value is -2.40. The third-order valence-corrected chi connectivity index (χ3v) is 2.70. The molecule has 0 amide bonds. The standard InChI is InChI=1S/C13H9ClN2O3/c14-11-3-7-12(8-4-11)15(17)9-10-1-5-13(6-2-10)16(18)19/h1-9H/b15-9-. The van der Waals surface area contributed by atoms with Crippen molar-refractivity contribution < 1.29 is 9.66 Å². The highest BCUT2D eigenvalue weighted by Gasteiger charge is 2.05. The molecule has 0 N–H and O–H groups in total. The lowest BCUT2D eigenvalue weighted by atomic mass is 10.2. The predicted molar refractivity (Wildman–Crippen MR) is 73.0 cm³/mol. The predicted octanol–water partition coefficient (Wildman–Crippen LogP) is 3.51. The highest BCUT2D eigenvalue weighted by Crippen LogP contribution is 2.16. The molecule has 0 saturated carbocycles. The van der Waals surface area contributed by atoms with E-state index in [0.717, 1.165) is 0 Å². The third-order valence-electron chi connectivity index (χ3n) is 2.45. The van der Waals surface area contributed by atoms with Gasteiger partial charge in [0.25, 0.3) is 5.69 Å². The molecule has 0 saturated heterocycles. The molecule has 0 atom stereocenters. The van der Waals surface area contributed by atoms with Crippen molar-refractivity contribution in [1.29, 1.82) is 0 Å². The van der Waals surface area contributed by atoms with Gasteiger partial charge in [-0.1, -0.05) is 11.6 Å². The van der Waals surface area contributed by atoms with Gasteiger partial charge in [-0.25, -0.2) is 0 Å². The van der Waals surface area contributed by atoms with Crippen molar-refractivity contribution in [2.24, 2.45) is 0 Å². The summed E-state index contributed by atoms with van der Waals surface area (Å²) in [5, 5.41) is 22.9. The van der Waals surface area contributed by atoms with Gasteiger partial charge in [-0.2, -0.15) is 4.74 Å². The molecule has 2 aromatic carbocycles. The van der Waals surface area contributed by atoms with Crippen LogP contribution in [0.2, 0.25) is 5.02 Å². The van der Waals surface area contributed by atoms with Crippen molar-refractivity contribution in [3.05, 3.63) is 74.4 Å². The largest absolute Gasteiger partial charge is 0.618 e. The van der Waals surface area contributed by atoms with Gasteiger partial charge in [0.1, 0.15) is 0 Å². The molecule has 6 heteroatoms. The topological polar surface area (TPSA) is 69.2 Å². The van der Waals surface area contributed by atoms with Gasteiger partial charge < -0.3 is 5.21 Å². The summed E-state index contributed by atoms with van der Waals surface area (Å²) in [6.07, 6.45) is 1.34. The molecule has 0 spiro atoms. The van der Waals surface area contributed by atoms with Gasteiger partial charge in [0.05, 0.1) is 4.92 Å². The van der Waals surface area contributed by atoms with Crippen LogP contribution in [0, 0.1) is 15.3 Å². The summed E-state index contributed by atoms with van der Waals surface area (Å²) in [5.74, 6) is 0. The molecule has 19 heavy (non-hydrogen) atoms. The van der Waals surface area contributed by atoms with E-state index >= 15 is 0 Å². The summed E-state index contributed by atoms with van der Waals surface area (Å²) in [4.78, 5) is 10.0. The number of benzene rings is 2. The minimum Gasteiger partial charge on any atom is -0.618 e. The number of halogens is 1. The second-order valence-electron chi connectivity index (χ2n) is 3.78. The second-order valence-corrected chi connectivity index (χ2v) is 4.22. The van der Waals surface area contributed by atoms with Crippen molar-refractivity contribution in [3.8, 4) is 0 Å². The smallest absolute Gasteiger partial charge is 0.269 e. The van der Waals surface area contributed by atoms with Crippen LogP contribution in [-0.2, 0) is 0 Å². The number of non-ortho nitro benzene ring substituents is 1. The highest BCUT2D eigenvalue weighted by atomic mass is 35.5. The molecular formula is C13H9ClN2O3. The van der Waals surface area contributed by atoms with Gasteiger partial charge in [-0.15, -0.1) is 0 Å². The van der Waals surface area contributed by atoms with Crippen LogP contribution in [0.4, 0.5) is 11.4 Å². The average molecular weight is 277 g/mol. The van der Waals surface area contributed by atoms with E-state index in [1.54, 1.807) is 24.3 Å². The Morgan fingerprint density at radius 2 is 1.42 bits per heavy atom. The van der Waals surface area contributed by atoms with Crippen molar-refractivity contribution in [3.63, 3.8) is 0 Å². The SMILES string of the molecule is O=[N+]([O-])c1ccc(/C=[N+](\[O-])c2ccc(Cl)cc2)cc1. The summed E-state index contributed by atoms with van der Waals surface area (Å²) < 4.78 is 0.678. The Balaban J connectivity index is 2.25. The first-order valence-electron chi connectivity index (χ1n) is 5.37. The van der Waals surface area contributed by atoms with Crippen LogP contribution in [0.1, 0.15) is 5.56 Å². The fourth-order valence-electron chi connectivity index (χ4n) is 1.48. The zero-order chi connectivity index (χ0) is 13.8. The minimum atomic E-state index is -0.488. The van der Waals surface area contributed by atoms with Crippen LogP contribution in [0.25, 0.3) is 0 Å². The number of rotatable bonds is 3. The van der Waals surface area contributed by atoms with Gasteiger partial charge in [0.2, 0.25) is 5.69 Å². The van der Waals surface area contributed by atoms with E-state index in [4.69, 9.17) is 11.6 Å². The molecule has 0 bridgehead atoms. The second kappa shape index (κ2) is 5.49. The van der Waals surface area contributed by atoms with Crippen LogP contribution in [-0.4, -0.2) is 15.9 Å². The van der Waals surface area contributed by atoms with Crippen LogP contribution in [0.5, 0.6) is 0 Å². The average Bonchev–Trinajstić information content (AvgIpc) is 2.40. The van der Waals surface area contributed by atoms with Crippen LogP contribution in [0.15, 0.2) is 48.5 Å². The fourth-order valence-corrected chi connectivity index (χ4v) is 1.61. The lowest BCUT2D eigenvalue weighted by Crippen LogP contribution is -1.98. The maximum Gasteiger partial charge on any atom is 0.269 e.